The molecule has 154 valence electrons. The van der Waals surface area contributed by atoms with Crippen molar-refractivity contribution in [2.45, 2.75) is 12.6 Å². The van der Waals surface area contributed by atoms with E-state index in [1.165, 1.54) is 6.26 Å². The Balaban J connectivity index is 0.00000364. The average molecular weight is 504 g/mol. The van der Waals surface area contributed by atoms with Gasteiger partial charge in [0.2, 0.25) is 0 Å². The van der Waals surface area contributed by atoms with Crippen LogP contribution in [0.25, 0.3) is 0 Å². The maximum absolute atomic E-state index is 12.2. The van der Waals surface area contributed by atoms with Gasteiger partial charge in [-0.1, -0.05) is 0 Å². The fourth-order valence-corrected chi connectivity index (χ4v) is 2.57. The molecule has 1 aliphatic rings. The first-order valence-corrected chi connectivity index (χ1v) is 8.33. The summed E-state index contributed by atoms with van der Waals surface area (Å²) in [4.78, 5) is 20.1. The van der Waals surface area contributed by atoms with Gasteiger partial charge in [-0.2, -0.15) is 13.2 Å². The number of nitrogens with zero attached hydrogens (tertiary/aromatic N) is 3. The van der Waals surface area contributed by atoms with E-state index < -0.39 is 12.8 Å². The van der Waals surface area contributed by atoms with E-state index in [9.17, 15) is 18.0 Å². The lowest BCUT2D eigenvalue weighted by Gasteiger charge is -2.36. The monoisotopic (exact) mass is 504 g/mol. The lowest BCUT2D eigenvalue weighted by atomic mass is 10.3. The van der Waals surface area contributed by atoms with Crippen molar-refractivity contribution in [1.29, 1.82) is 0 Å². The molecule has 1 amide bonds. The maximum Gasteiger partial charge on any atom is 0.411 e. The van der Waals surface area contributed by atoms with Crippen LogP contribution in [-0.4, -0.2) is 80.8 Å². The molecule has 0 bridgehead atoms. The van der Waals surface area contributed by atoms with Crippen LogP contribution in [0.15, 0.2) is 27.8 Å². The maximum atomic E-state index is 12.2. The van der Waals surface area contributed by atoms with E-state index in [0.29, 0.717) is 50.9 Å². The number of carbonyl (C=O) groups excluding carboxylic acids is 1. The normalized spacial score (nSPS) is 15.5. The molecule has 0 saturated carbocycles. The van der Waals surface area contributed by atoms with Gasteiger partial charge in [0, 0.05) is 46.4 Å². The summed E-state index contributed by atoms with van der Waals surface area (Å²) in [6.07, 6.45) is -2.39. The van der Waals surface area contributed by atoms with Crippen molar-refractivity contribution in [3.05, 3.63) is 24.2 Å². The molecule has 1 fully saturated rings. The molecular weight excluding hydrogens is 480 g/mol. The molecule has 1 N–H and O–H groups in total. The predicted octanol–water partition coefficient (Wildman–Crippen LogP) is 2.20. The van der Waals surface area contributed by atoms with E-state index in [4.69, 9.17) is 4.42 Å². The molecule has 1 saturated heterocycles. The number of aliphatic imine (C=N–C) groups is 1. The minimum atomic E-state index is -4.30. The first-order valence-electron chi connectivity index (χ1n) is 8.33. The number of nitrogens with one attached hydrogen (secondary N) is 1. The van der Waals surface area contributed by atoms with Gasteiger partial charge in [0.15, 0.2) is 11.7 Å². The topological polar surface area (TPSA) is 70.3 Å². The molecule has 1 aromatic heterocycles. The zero-order chi connectivity index (χ0) is 19.0. The number of carbonyl (C=O) groups is 1. The number of piperazine rings is 1. The summed E-state index contributed by atoms with van der Waals surface area (Å²) in [6, 6.07) is 3.31. The number of guanidine groups is 1. The van der Waals surface area contributed by atoms with Crippen LogP contribution in [0.3, 0.4) is 0 Å². The number of furan rings is 1. The van der Waals surface area contributed by atoms with Crippen LogP contribution in [-0.2, 0) is 4.74 Å². The molecule has 2 rings (SSSR count). The third-order valence-corrected chi connectivity index (χ3v) is 3.82. The number of alkyl halides is 3. The van der Waals surface area contributed by atoms with E-state index in [2.05, 4.69) is 15.0 Å². The molecule has 27 heavy (non-hydrogen) atoms. The molecule has 11 heteroatoms. The van der Waals surface area contributed by atoms with E-state index in [1.54, 1.807) is 24.1 Å². The highest BCUT2D eigenvalue weighted by Crippen LogP contribution is 2.14. The Hall–Kier alpha value is -1.50. The van der Waals surface area contributed by atoms with Crippen LogP contribution in [0.4, 0.5) is 13.2 Å². The standard InChI is InChI=1S/C16H23F3N4O3.HI/c1-20-15(21-5-3-10-25-12-16(17,18)19)23-8-6-22(7-9-23)14(24)13-4-2-11-26-13;/h2,4,11H,3,5-10,12H2,1H3,(H,20,21);1H. The Morgan fingerprint density at radius 2 is 1.96 bits per heavy atom. The Morgan fingerprint density at radius 1 is 1.30 bits per heavy atom. The van der Waals surface area contributed by atoms with E-state index in [1.807, 2.05) is 4.90 Å². The molecule has 0 aromatic carbocycles. The summed E-state index contributed by atoms with van der Waals surface area (Å²) in [5, 5.41) is 3.10. The van der Waals surface area contributed by atoms with Crippen molar-refractivity contribution in [2.75, 3.05) is 53.0 Å². The summed E-state index contributed by atoms with van der Waals surface area (Å²) in [7, 11) is 1.64. The van der Waals surface area contributed by atoms with Gasteiger partial charge in [-0.15, -0.1) is 24.0 Å². The van der Waals surface area contributed by atoms with Gasteiger partial charge in [-0.05, 0) is 18.6 Å². The van der Waals surface area contributed by atoms with Crippen molar-refractivity contribution in [3.63, 3.8) is 0 Å². The predicted molar refractivity (Wildman–Crippen MR) is 104 cm³/mol. The van der Waals surface area contributed by atoms with Crippen LogP contribution in [0.5, 0.6) is 0 Å². The van der Waals surface area contributed by atoms with Crippen molar-refractivity contribution in [3.8, 4) is 0 Å². The first-order chi connectivity index (χ1) is 12.4. The summed E-state index contributed by atoms with van der Waals surface area (Å²) < 4.78 is 45.6. The summed E-state index contributed by atoms with van der Waals surface area (Å²) in [5.41, 5.74) is 0. The molecule has 0 atom stereocenters. The molecule has 1 aliphatic heterocycles. The molecule has 0 unspecified atom stereocenters. The summed E-state index contributed by atoms with van der Waals surface area (Å²) in [5.74, 6) is 0.838. The van der Waals surface area contributed by atoms with E-state index >= 15 is 0 Å². The quantitative estimate of drug-likeness (QED) is 0.279. The first kappa shape index (κ1) is 23.5. The Bertz CT molecular complexity index is 588. The molecule has 0 spiro atoms. The second-order valence-electron chi connectivity index (χ2n) is 5.75. The lowest BCUT2D eigenvalue weighted by Crippen LogP contribution is -2.53. The van der Waals surface area contributed by atoms with Gasteiger partial charge < -0.3 is 24.3 Å². The van der Waals surface area contributed by atoms with Crippen molar-refractivity contribution >= 4 is 35.8 Å². The summed E-state index contributed by atoms with van der Waals surface area (Å²) >= 11 is 0. The van der Waals surface area contributed by atoms with Gasteiger partial charge in [0.1, 0.15) is 6.61 Å². The van der Waals surface area contributed by atoms with Crippen molar-refractivity contribution in [2.24, 2.45) is 4.99 Å². The fraction of sp³-hybridized carbons (Fsp3) is 0.625. The molecule has 0 aliphatic carbocycles. The molecule has 2 heterocycles. The number of rotatable bonds is 6. The second kappa shape index (κ2) is 11.4. The van der Waals surface area contributed by atoms with E-state index in [0.717, 1.165) is 0 Å². The number of amides is 1. The SMILES string of the molecule is CN=C(NCCCOCC(F)(F)F)N1CCN(C(=O)c2ccco2)CC1.I. The van der Waals surface area contributed by atoms with Gasteiger partial charge in [-0.3, -0.25) is 9.79 Å². The minimum Gasteiger partial charge on any atom is -0.459 e. The Morgan fingerprint density at radius 3 is 2.52 bits per heavy atom. The fourth-order valence-electron chi connectivity index (χ4n) is 2.57. The van der Waals surface area contributed by atoms with Crippen LogP contribution >= 0.6 is 24.0 Å². The lowest BCUT2D eigenvalue weighted by molar-refractivity contribution is -0.173. The van der Waals surface area contributed by atoms with Crippen LogP contribution < -0.4 is 5.32 Å². The molecule has 1 aromatic rings. The van der Waals surface area contributed by atoms with Gasteiger partial charge in [-0.25, -0.2) is 0 Å². The third kappa shape index (κ3) is 7.95. The molecular formula is C16H24F3IN4O3. The van der Waals surface area contributed by atoms with Crippen LogP contribution in [0.2, 0.25) is 0 Å². The number of hydrogen-bond donors (Lipinski definition) is 1. The van der Waals surface area contributed by atoms with Crippen molar-refractivity contribution in [1.82, 2.24) is 15.1 Å². The average Bonchev–Trinajstić information content (AvgIpc) is 3.14. The number of halogens is 4. The highest BCUT2D eigenvalue weighted by Gasteiger charge is 2.27. The summed E-state index contributed by atoms with van der Waals surface area (Å²) in [6.45, 7) is 1.54. The Labute approximate surface area is 172 Å². The van der Waals surface area contributed by atoms with Gasteiger partial charge in [0.25, 0.3) is 5.91 Å². The van der Waals surface area contributed by atoms with Crippen LogP contribution in [0, 0.1) is 0 Å². The third-order valence-electron chi connectivity index (χ3n) is 3.82. The number of ether oxygens (including phenoxy) is 1. The Kier molecular flexibility index (Phi) is 9.91. The van der Waals surface area contributed by atoms with E-state index in [-0.39, 0.29) is 36.5 Å². The molecule has 0 radical (unpaired) electrons. The number of hydrogen-bond acceptors (Lipinski definition) is 4. The molecule has 7 nitrogen and oxygen atoms in total. The van der Waals surface area contributed by atoms with Crippen molar-refractivity contribution < 1.29 is 27.1 Å². The zero-order valence-electron chi connectivity index (χ0n) is 15.0. The van der Waals surface area contributed by atoms with Gasteiger partial charge in [0.05, 0.1) is 6.26 Å². The second-order valence-corrected chi connectivity index (χ2v) is 5.75. The largest absolute Gasteiger partial charge is 0.459 e. The highest BCUT2D eigenvalue weighted by molar-refractivity contribution is 14.0. The van der Waals surface area contributed by atoms with Crippen LogP contribution in [0.1, 0.15) is 17.0 Å². The highest BCUT2D eigenvalue weighted by atomic mass is 127. The van der Waals surface area contributed by atoms with Gasteiger partial charge >= 0.3 is 6.18 Å². The smallest absolute Gasteiger partial charge is 0.411 e. The minimum absolute atomic E-state index is 0. The zero-order valence-corrected chi connectivity index (χ0v) is 17.3.